The largest absolute Gasteiger partial charge is 0.447 e. The summed E-state index contributed by atoms with van der Waals surface area (Å²) in [5, 5.41) is 5.43. The molecule has 0 aromatic heterocycles. The molecule has 2 N–H and O–H groups in total. The van der Waals surface area contributed by atoms with Gasteiger partial charge in [-0.05, 0) is 61.3 Å². The lowest BCUT2D eigenvalue weighted by Crippen LogP contribution is -2.38. The predicted octanol–water partition coefficient (Wildman–Crippen LogP) is 3.20. The third kappa shape index (κ3) is 12.0. The van der Waals surface area contributed by atoms with Gasteiger partial charge < -0.3 is 20.1 Å². The molecule has 0 bridgehead atoms. The lowest BCUT2D eigenvalue weighted by Gasteiger charge is -2.22. The van der Waals surface area contributed by atoms with Gasteiger partial charge in [0.05, 0.1) is 0 Å². The normalized spacial score (nSPS) is 14.3. The van der Waals surface area contributed by atoms with Crippen LogP contribution in [0, 0.1) is 0 Å². The molecule has 0 heterocycles. The molecule has 0 rings (SSSR count). The van der Waals surface area contributed by atoms with E-state index in [9.17, 15) is 9.59 Å². The van der Waals surface area contributed by atoms with E-state index in [1.807, 2.05) is 48.5 Å². The van der Waals surface area contributed by atoms with Gasteiger partial charge in [-0.1, -0.05) is 0 Å². The zero-order valence-electron chi connectivity index (χ0n) is 14.3. The second-order valence-electron chi connectivity index (χ2n) is 6.64. The van der Waals surface area contributed by atoms with Crippen molar-refractivity contribution >= 4 is 12.2 Å². The van der Waals surface area contributed by atoms with E-state index < -0.39 is 17.8 Å². The number of amides is 2. The number of nitrogens with one attached hydrogen (secondary N) is 2. The zero-order chi connectivity index (χ0) is 16.6. The fraction of sp³-hybridized carbons (Fsp3) is 0.867. The third-order valence-corrected chi connectivity index (χ3v) is 2.48. The summed E-state index contributed by atoms with van der Waals surface area (Å²) in [5.41, 5.74) is -0.505. The number of alkyl carbamates (subject to hydrolysis) is 2. The van der Waals surface area contributed by atoms with E-state index in [4.69, 9.17) is 9.47 Å². The summed E-state index contributed by atoms with van der Waals surface area (Å²) in [4.78, 5) is 23.0. The molecule has 0 fully saturated rings. The van der Waals surface area contributed by atoms with Crippen LogP contribution in [0.25, 0.3) is 0 Å². The van der Waals surface area contributed by atoms with Crippen LogP contribution in [0.4, 0.5) is 9.59 Å². The van der Waals surface area contributed by atoms with Crippen LogP contribution in [0.3, 0.4) is 0 Å². The molecule has 0 radical (unpaired) electrons. The van der Waals surface area contributed by atoms with E-state index >= 15 is 0 Å². The molecule has 0 aliphatic heterocycles. The highest BCUT2D eigenvalue weighted by Gasteiger charge is 2.18. The topological polar surface area (TPSA) is 76.7 Å². The molecule has 2 amide bonds. The van der Waals surface area contributed by atoms with Gasteiger partial charge in [0.15, 0.2) is 0 Å². The minimum Gasteiger partial charge on any atom is -0.447 e. The number of ether oxygens (including phenoxy) is 2. The predicted molar refractivity (Wildman–Crippen MR) is 82.3 cm³/mol. The maximum Gasteiger partial charge on any atom is 0.407 e. The van der Waals surface area contributed by atoms with Gasteiger partial charge in [0, 0.05) is 12.1 Å². The Morgan fingerprint density at radius 2 is 1.52 bits per heavy atom. The molecule has 0 aliphatic carbocycles. The summed E-state index contributed by atoms with van der Waals surface area (Å²) >= 11 is 0. The Morgan fingerprint density at radius 3 is 2.00 bits per heavy atom. The van der Waals surface area contributed by atoms with E-state index in [-0.39, 0.29) is 18.2 Å². The number of hydrogen-bond acceptors (Lipinski definition) is 4. The van der Waals surface area contributed by atoms with Gasteiger partial charge >= 0.3 is 12.2 Å². The lowest BCUT2D eigenvalue weighted by atomic mass is 10.1. The summed E-state index contributed by atoms with van der Waals surface area (Å²) in [5.74, 6) is 0. The SMILES string of the molecule is CC(C)NC(=O)OC(C)CCC(C)NC(=O)OC(C)(C)C. The van der Waals surface area contributed by atoms with Crippen LogP contribution in [-0.2, 0) is 9.47 Å². The van der Waals surface area contributed by atoms with Crippen molar-refractivity contribution in [2.45, 2.75) is 85.1 Å². The van der Waals surface area contributed by atoms with Crippen molar-refractivity contribution < 1.29 is 19.1 Å². The van der Waals surface area contributed by atoms with Crippen molar-refractivity contribution in [3.05, 3.63) is 0 Å². The quantitative estimate of drug-likeness (QED) is 0.790. The first-order valence-corrected chi connectivity index (χ1v) is 7.46. The van der Waals surface area contributed by atoms with Gasteiger partial charge in [-0.3, -0.25) is 0 Å². The van der Waals surface area contributed by atoms with Crippen LogP contribution in [0.5, 0.6) is 0 Å². The van der Waals surface area contributed by atoms with Crippen LogP contribution in [-0.4, -0.2) is 36.0 Å². The van der Waals surface area contributed by atoms with E-state index in [1.165, 1.54) is 0 Å². The molecule has 0 spiro atoms. The first-order valence-electron chi connectivity index (χ1n) is 7.46. The van der Waals surface area contributed by atoms with Crippen LogP contribution in [0.2, 0.25) is 0 Å². The van der Waals surface area contributed by atoms with Crippen LogP contribution in [0.15, 0.2) is 0 Å². The molecule has 6 nitrogen and oxygen atoms in total. The Labute approximate surface area is 127 Å². The molecular formula is C15H30N2O4. The van der Waals surface area contributed by atoms with E-state index in [0.29, 0.717) is 12.8 Å². The molecular weight excluding hydrogens is 272 g/mol. The Bertz CT molecular complexity index is 337. The fourth-order valence-corrected chi connectivity index (χ4v) is 1.58. The number of carbonyl (C=O) groups is 2. The van der Waals surface area contributed by atoms with Crippen molar-refractivity contribution in [3.63, 3.8) is 0 Å². The van der Waals surface area contributed by atoms with Gasteiger partial charge in [0.25, 0.3) is 0 Å². The average molecular weight is 302 g/mol. The van der Waals surface area contributed by atoms with Crippen LogP contribution >= 0.6 is 0 Å². The van der Waals surface area contributed by atoms with Crippen molar-refractivity contribution in [2.24, 2.45) is 0 Å². The zero-order valence-corrected chi connectivity index (χ0v) is 14.3. The summed E-state index contributed by atoms with van der Waals surface area (Å²) in [7, 11) is 0. The highest BCUT2D eigenvalue weighted by Crippen LogP contribution is 2.09. The minimum atomic E-state index is -0.505. The molecule has 0 aliphatic rings. The fourth-order valence-electron chi connectivity index (χ4n) is 1.58. The van der Waals surface area contributed by atoms with E-state index in [0.717, 1.165) is 0 Å². The maximum atomic E-state index is 11.6. The highest BCUT2D eigenvalue weighted by atomic mass is 16.6. The highest BCUT2D eigenvalue weighted by molar-refractivity contribution is 5.68. The first-order chi connectivity index (χ1) is 9.49. The number of hydrogen-bond donors (Lipinski definition) is 2. The average Bonchev–Trinajstić information content (AvgIpc) is 2.21. The van der Waals surface area contributed by atoms with Crippen LogP contribution < -0.4 is 10.6 Å². The molecule has 0 saturated heterocycles. The van der Waals surface area contributed by atoms with Crippen molar-refractivity contribution in [2.75, 3.05) is 0 Å². The molecule has 6 heteroatoms. The smallest absolute Gasteiger partial charge is 0.407 e. The van der Waals surface area contributed by atoms with Crippen molar-refractivity contribution in [3.8, 4) is 0 Å². The Morgan fingerprint density at radius 1 is 0.952 bits per heavy atom. The Balaban J connectivity index is 3.94. The molecule has 0 aromatic rings. The monoisotopic (exact) mass is 302 g/mol. The molecule has 0 aromatic carbocycles. The molecule has 21 heavy (non-hydrogen) atoms. The van der Waals surface area contributed by atoms with Crippen molar-refractivity contribution in [1.82, 2.24) is 10.6 Å². The second-order valence-corrected chi connectivity index (χ2v) is 6.64. The Kier molecular flexibility index (Phi) is 8.14. The van der Waals surface area contributed by atoms with E-state index in [1.54, 1.807) is 0 Å². The van der Waals surface area contributed by atoms with Gasteiger partial charge in [0.2, 0.25) is 0 Å². The lowest BCUT2D eigenvalue weighted by molar-refractivity contribution is 0.0496. The second kappa shape index (κ2) is 8.74. The van der Waals surface area contributed by atoms with Crippen molar-refractivity contribution in [1.29, 1.82) is 0 Å². The Hall–Kier alpha value is -1.46. The van der Waals surface area contributed by atoms with Gasteiger partial charge in [-0.2, -0.15) is 0 Å². The van der Waals surface area contributed by atoms with Crippen LogP contribution in [0.1, 0.15) is 61.3 Å². The molecule has 124 valence electrons. The summed E-state index contributed by atoms with van der Waals surface area (Å²) < 4.78 is 10.4. The molecule has 2 unspecified atom stereocenters. The summed E-state index contributed by atoms with van der Waals surface area (Å²) in [6.45, 7) is 12.9. The number of carbonyl (C=O) groups excluding carboxylic acids is 2. The van der Waals surface area contributed by atoms with Gasteiger partial charge in [-0.15, -0.1) is 0 Å². The molecule has 0 saturated carbocycles. The standard InChI is InChI=1S/C15H30N2O4/c1-10(2)16-13(18)20-12(4)9-8-11(3)17-14(19)21-15(5,6)7/h10-12H,8-9H2,1-7H3,(H,16,18)(H,17,19). The van der Waals surface area contributed by atoms with Gasteiger partial charge in [-0.25, -0.2) is 9.59 Å². The summed E-state index contributed by atoms with van der Waals surface area (Å²) in [6, 6.07) is 0.0107. The first kappa shape index (κ1) is 19.5. The maximum absolute atomic E-state index is 11.6. The van der Waals surface area contributed by atoms with E-state index in [2.05, 4.69) is 10.6 Å². The minimum absolute atomic E-state index is 0.0425. The number of rotatable bonds is 6. The van der Waals surface area contributed by atoms with Gasteiger partial charge in [0.1, 0.15) is 11.7 Å². The molecule has 2 atom stereocenters. The summed E-state index contributed by atoms with van der Waals surface area (Å²) in [6.07, 6.45) is 0.329. The third-order valence-electron chi connectivity index (χ3n) is 2.48.